The van der Waals surface area contributed by atoms with Crippen molar-refractivity contribution in [3.63, 3.8) is 0 Å². The molecule has 0 fully saturated rings. The van der Waals surface area contributed by atoms with E-state index < -0.39 is 16.3 Å². The number of nitrogens with zero attached hydrogens (tertiary/aromatic N) is 2. The van der Waals surface area contributed by atoms with Gasteiger partial charge in [-0.25, -0.2) is 0 Å². The molecule has 0 bridgehead atoms. The van der Waals surface area contributed by atoms with E-state index >= 15 is 0 Å². The van der Waals surface area contributed by atoms with Gasteiger partial charge in [-0.1, -0.05) is 0 Å². The summed E-state index contributed by atoms with van der Waals surface area (Å²) in [6.07, 6.45) is 1.08. The van der Waals surface area contributed by atoms with Crippen LogP contribution in [-0.2, 0) is 0 Å². The maximum Gasteiger partial charge on any atom is 0.497 e. The topological polar surface area (TPSA) is 120 Å². The standard InChI is InChI=1S/C2H2ClN3O4/c7-3(8,9)10-2-4-1-5-6-2/h1H,(H,4,5,6). The van der Waals surface area contributed by atoms with E-state index in [9.17, 15) is 14.0 Å². The SMILES string of the molecule is [O-][Cl+3]([O-])([O-])Oc1nc[nH]n1. The molecule has 56 valence electrons. The molecule has 7 nitrogen and oxygen atoms in total. The lowest BCUT2D eigenvalue weighted by atomic mass is 11.2. The monoisotopic (exact) mass is 167 g/mol. The molecule has 1 aromatic rings. The van der Waals surface area contributed by atoms with Gasteiger partial charge in [0.05, 0.1) is 0 Å². The minimum Gasteiger partial charge on any atom is -0.262 e. The quantitative estimate of drug-likeness (QED) is 0.480. The van der Waals surface area contributed by atoms with Crippen LogP contribution in [0.4, 0.5) is 0 Å². The number of halogens is 1. The van der Waals surface area contributed by atoms with Gasteiger partial charge in [0.15, 0.2) is 0 Å². The number of aromatic amines is 1. The van der Waals surface area contributed by atoms with Gasteiger partial charge in [0.1, 0.15) is 16.6 Å². The molecule has 0 saturated heterocycles. The molecule has 0 unspecified atom stereocenters. The molecule has 8 heteroatoms. The second kappa shape index (κ2) is 2.39. The molecule has 1 heterocycles. The molecule has 0 spiro atoms. The molecule has 0 aliphatic rings. The summed E-state index contributed by atoms with van der Waals surface area (Å²) in [5.74, 6) is 0. The molecule has 0 aliphatic carbocycles. The fourth-order valence-electron chi connectivity index (χ4n) is 0.319. The van der Waals surface area contributed by atoms with Crippen LogP contribution in [0.15, 0.2) is 6.33 Å². The lowest BCUT2D eigenvalue weighted by molar-refractivity contribution is -1.91. The largest absolute Gasteiger partial charge is 0.497 e. The average Bonchev–Trinajstić information content (AvgIpc) is 2.12. The zero-order chi connectivity index (χ0) is 7.61. The molecule has 0 aliphatic heterocycles. The van der Waals surface area contributed by atoms with Crippen molar-refractivity contribution >= 4 is 0 Å². The molecule has 0 saturated carbocycles. The van der Waals surface area contributed by atoms with E-state index in [1.165, 1.54) is 0 Å². The van der Waals surface area contributed by atoms with Gasteiger partial charge in [-0.2, -0.15) is 19.0 Å². The lowest BCUT2D eigenvalue weighted by Crippen LogP contribution is -2.63. The van der Waals surface area contributed by atoms with Crippen molar-refractivity contribution in [3.05, 3.63) is 6.33 Å². The molecular weight excluding hydrogens is 165 g/mol. The van der Waals surface area contributed by atoms with E-state index in [0.717, 1.165) is 6.33 Å². The molecule has 0 radical (unpaired) electrons. The maximum atomic E-state index is 9.80. The van der Waals surface area contributed by atoms with Gasteiger partial charge in [-0.05, 0) is 4.29 Å². The van der Waals surface area contributed by atoms with Crippen molar-refractivity contribution in [1.29, 1.82) is 0 Å². The summed E-state index contributed by atoms with van der Waals surface area (Å²) >= 11 is 0. The van der Waals surface area contributed by atoms with Crippen molar-refractivity contribution in [1.82, 2.24) is 15.2 Å². The lowest BCUT2D eigenvalue weighted by Gasteiger charge is -2.08. The Morgan fingerprint density at radius 3 is 2.60 bits per heavy atom. The van der Waals surface area contributed by atoms with E-state index in [-0.39, 0.29) is 0 Å². The Bertz CT molecular complexity index is 193. The Labute approximate surface area is 57.0 Å². The number of H-pyrrole nitrogens is 1. The number of nitrogens with one attached hydrogen (secondary N) is 1. The normalized spacial score (nSPS) is 11.5. The number of hydrogen-bond donors (Lipinski definition) is 1. The molecule has 0 aromatic carbocycles. The third-order valence-corrected chi connectivity index (χ3v) is 0.883. The fraction of sp³-hybridized carbons (Fsp3) is 0. The van der Waals surface area contributed by atoms with E-state index in [4.69, 9.17) is 0 Å². The summed E-state index contributed by atoms with van der Waals surface area (Å²) in [4.78, 5) is 3.23. The van der Waals surface area contributed by atoms with Gasteiger partial charge in [0, 0.05) is 0 Å². The third kappa shape index (κ3) is 2.15. The van der Waals surface area contributed by atoms with Crippen LogP contribution < -0.4 is 18.3 Å². The Kier molecular flexibility index (Phi) is 1.72. The van der Waals surface area contributed by atoms with Crippen molar-refractivity contribution in [2.45, 2.75) is 0 Å². The van der Waals surface area contributed by atoms with Crippen molar-refractivity contribution < 1.29 is 28.5 Å². The fourth-order valence-corrected chi connectivity index (χ4v) is 0.562. The van der Waals surface area contributed by atoms with E-state index in [1.54, 1.807) is 0 Å². The highest BCUT2D eigenvalue weighted by atomic mass is 35.7. The Morgan fingerprint density at radius 1 is 1.50 bits per heavy atom. The molecule has 0 amide bonds. The van der Waals surface area contributed by atoms with Crippen molar-refractivity contribution in [2.75, 3.05) is 0 Å². The van der Waals surface area contributed by atoms with Gasteiger partial charge in [0.2, 0.25) is 0 Å². The van der Waals surface area contributed by atoms with Crippen LogP contribution in [0.2, 0.25) is 0 Å². The summed E-state index contributed by atoms with van der Waals surface area (Å²) in [6.45, 7) is 0. The first-order chi connectivity index (χ1) is 4.58. The minimum absolute atomic E-state index is 0.517. The minimum atomic E-state index is -4.48. The highest BCUT2D eigenvalue weighted by Crippen LogP contribution is 1.99. The zero-order valence-electron chi connectivity index (χ0n) is 4.48. The van der Waals surface area contributed by atoms with E-state index in [2.05, 4.69) is 19.5 Å². The zero-order valence-corrected chi connectivity index (χ0v) is 5.24. The third-order valence-electron chi connectivity index (χ3n) is 0.556. The smallest absolute Gasteiger partial charge is 0.262 e. The summed E-state index contributed by atoms with van der Waals surface area (Å²) in [5, 5.41) is 5.32. The molecule has 1 aromatic heterocycles. The predicted octanol–water partition coefficient (Wildman–Crippen LogP) is -3.92. The van der Waals surface area contributed by atoms with Crippen LogP contribution in [-0.4, -0.2) is 15.2 Å². The molecule has 0 atom stereocenters. The number of hydrogen-bond acceptors (Lipinski definition) is 6. The Balaban J connectivity index is 2.57. The van der Waals surface area contributed by atoms with Crippen LogP contribution in [0.1, 0.15) is 0 Å². The number of rotatable bonds is 2. The number of aromatic nitrogens is 3. The van der Waals surface area contributed by atoms with Gasteiger partial charge in [-0.3, -0.25) is 5.10 Å². The first-order valence-electron chi connectivity index (χ1n) is 2.04. The van der Waals surface area contributed by atoms with Crippen LogP contribution in [0.25, 0.3) is 0 Å². The highest BCUT2D eigenvalue weighted by Gasteiger charge is 2.22. The van der Waals surface area contributed by atoms with Crippen LogP contribution >= 0.6 is 0 Å². The molecule has 10 heavy (non-hydrogen) atoms. The summed E-state index contributed by atoms with van der Waals surface area (Å²) in [5.41, 5.74) is 0. The first kappa shape index (κ1) is 7.22. The van der Waals surface area contributed by atoms with Crippen LogP contribution in [0, 0.1) is 10.2 Å². The summed E-state index contributed by atoms with van der Waals surface area (Å²) in [6, 6.07) is -0.517. The second-order valence-electron chi connectivity index (χ2n) is 1.24. The maximum absolute atomic E-state index is 9.80. The summed E-state index contributed by atoms with van der Waals surface area (Å²) < 4.78 is 33.1. The van der Waals surface area contributed by atoms with E-state index in [0.29, 0.717) is 0 Å². The van der Waals surface area contributed by atoms with Gasteiger partial charge >= 0.3 is 6.01 Å². The summed E-state index contributed by atoms with van der Waals surface area (Å²) in [7, 11) is -4.48. The Morgan fingerprint density at radius 2 is 2.20 bits per heavy atom. The average molecular weight is 168 g/mol. The Hall–Kier alpha value is -0.890. The second-order valence-corrected chi connectivity index (χ2v) is 2.15. The van der Waals surface area contributed by atoms with Crippen molar-refractivity contribution in [3.8, 4) is 6.01 Å². The molecule has 1 rings (SSSR count). The van der Waals surface area contributed by atoms with Gasteiger partial charge in [0.25, 0.3) is 0 Å². The molecule has 1 N–H and O–H groups in total. The van der Waals surface area contributed by atoms with Crippen LogP contribution in [0.5, 0.6) is 6.01 Å². The van der Waals surface area contributed by atoms with Gasteiger partial charge in [-0.15, -0.1) is 5.10 Å². The highest BCUT2D eigenvalue weighted by molar-refractivity contribution is 4.82. The molecular formula is C2H2ClN3O4. The van der Waals surface area contributed by atoms with Gasteiger partial charge < -0.3 is 0 Å². The van der Waals surface area contributed by atoms with Crippen LogP contribution in [0.3, 0.4) is 0 Å². The predicted molar refractivity (Wildman–Crippen MR) is 17.0 cm³/mol. The van der Waals surface area contributed by atoms with Crippen molar-refractivity contribution in [2.24, 2.45) is 0 Å². The van der Waals surface area contributed by atoms with E-state index in [1.807, 2.05) is 0 Å². The first-order valence-corrected chi connectivity index (χ1v) is 3.27.